The molecule has 0 radical (unpaired) electrons. The second-order valence-electron chi connectivity index (χ2n) is 5.70. The zero-order chi connectivity index (χ0) is 14.1. The molecule has 2 aliphatic rings. The summed E-state index contributed by atoms with van der Waals surface area (Å²) in [6.07, 6.45) is 5.50. The van der Waals surface area contributed by atoms with E-state index in [-0.39, 0.29) is 0 Å². The molecule has 21 heavy (non-hydrogen) atoms. The molecule has 2 aliphatic heterocycles. The van der Waals surface area contributed by atoms with Crippen LogP contribution in [0.3, 0.4) is 0 Å². The smallest absolute Gasteiger partial charge is 0.188 e. The molecule has 2 N–H and O–H groups in total. The van der Waals surface area contributed by atoms with E-state index < -0.39 is 0 Å². The van der Waals surface area contributed by atoms with Crippen molar-refractivity contribution in [3.8, 4) is 0 Å². The second kappa shape index (κ2) is 5.69. The highest BCUT2D eigenvalue weighted by atomic mass is 32.2. The third-order valence-electron chi connectivity index (χ3n) is 4.42. The lowest BCUT2D eigenvalue weighted by Gasteiger charge is -2.22. The summed E-state index contributed by atoms with van der Waals surface area (Å²) < 4.78 is 0. The molecule has 1 aromatic heterocycles. The molecule has 3 heterocycles. The van der Waals surface area contributed by atoms with Crippen LogP contribution in [-0.4, -0.2) is 45.3 Å². The van der Waals surface area contributed by atoms with Crippen LogP contribution in [0.25, 0.3) is 0 Å². The van der Waals surface area contributed by atoms with E-state index in [2.05, 4.69) is 49.7 Å². The van der Waals surface area contributed by atoms with Gasteiger partial charge in [0.15, 0.2) is 5.16 Å². The minimum absolute atomic E-state index is 0.611. The third kappa shape index (κ3) is 2.78. The Morgan fingerprint density at radius 3 is 2.90 bits per heavy atom. The highest BCUT2D eigenvalue weighted by Crippen LogP contribution is 2.31. The fourth-order valence-corrected chi connectivity index (χ4v) is 4.13. The van der Waals surface area contributed by atoms with Crippen LogP contribution in [0.15, 0.2) is 40.6 Å². The second-order valence-corrected chi connectivity index (χ2v) is 6.76. The summed E-state index contributed by atoms with van der Waals surface area (Å²) in [4.78, 5) is 7.93. The monoisotopic (exact) mass is 301 g/mol. The van der Waals surface area contributed by atoms with Crippen LogP contribution in [0.5, 0.6) is 0 Å². The summed E-state index contributed by atoms with van der Waals surface area (Å²) in [5, 5.41) is 11.3. The fourth-order valence-electron chi connectivity index (χ4n) is 3.44. The van der Waals surface area contributed by atoms with Gasteiger partial charge in [-0.15, -0.1) is 0 Å². The predicted molar refractivity (Wildman–Crippen MR) is 83.6 cm³/mol. The van der Waals surface area contributed by atoms with Crippen LogP contribution in [0, 0.1) is 0 Å². The van der Waals surface area contributed by atoms with Crippen molar-refractivity contribution in [2.75, 3.05) is 18.4 Å². The maximum atomic E-state index is 4.13. The minimum atomic E-state index is 0.611. The number of fused-ring (bicyclic) bond motifs is 1. The molecule has 2 saturated heterocycles. The molecule has 0 aliphatic carbocycles. The first kappa shape index (κ1) is 13.2. The molecule has 1 aromatic carbocycles. The lowest BCUT2D eigenvalue weighted by atomic mass is 10.1. The summed E-state index contributed by atoms with van der Waals surface area (Å²) in [7, 11) is 0. The van der Waals surface area contributed by atoms with Gasteiger partial charge in [-0.2, -0.15) is 5.10 Å². The van der Waals surface area contributed by atoms with Gasteiger partial charge < -0.3 is 5.32 Å². The van der Waals surface area contributed by atoms with Crippen LogP contribution < -0.4 is 5.32 Å². The Balaban J connectivity index is 1.40. The van der Waals surface area contributed by atoms with E-state index in [4.69, 9.17) is 0 Å². The third-order valence-corrected chi connectivity index (χ3v) is 5.32. The van der Waals surface area contributed by atoms with E-state index in [0.29, 0.717) is 6.04 Å². The average molecular weight is 301 g/mol. The summed E-state index contributed by atoms with van der Waals surface area (Å²) >= 11 is 1.60. The maximum absolute atomic E-state index is 4.13. The number of anilines is 1. The topological polar surface area (TPSA) is 56.8 Å². The number of hydrogen-bond acceptors (Lipinski definition) is 5. The van der Waals surface area contributed by atoms with Crippen LogP contribution in [0.2, 0.25) is 0 Å². The van der Waals surface area contributed by atoms with Crippen LogP contribution in [-0.2, 0) is 0 Å². The Labute approximate surface area is 128 Å². The number of aromatic amines is 1. The normalized spacial score (nSPS) is 25.1. The Morgan fingerprint density at radius 1 is 1.19 bits per heavy atom. The molecule has 4 rings (SSSR count). The summed E-state index contributed by atoms with van der Waals surface area (Å²) in [5.41, 5.74) is 1.22. The molecule has 0 amide bonds. The first-order valence-corrected chi connectivity index (χ1v) is 8.34. The van der Waals surface area contributed by atoms with Gasteiger partial charge in [0, 0.05) is 29.2 Å². The van der Waals surface area contributed by atoms with Crippen molar-refractivity contribution in [3.05, 3.63) is 30.6 Å². The van der Waals surface area contributed by atoms with Gasteiger partial charge in [0.1, 0.15) is 6.33 Å². The number of benzene rings is 1. The Hall–Kier alpha value is -1.53. The molecule has 6 heteroatoms. The van der Waals surface area contributed by atoms with Crippen molar-refractivity contribution in [1.82, 2.24) is 20.1 Å². The van der Waals surface area contributed by atoms with E-state index in [1.807, 2.05) is 0 Å². The van der Waals surface area contributed by atoms with E-state index in [0.717, 1.165) is 11.2 Å². The SMILES string of the molecule is c1n[nH]c(Sc2ccc(NC3CCN4CCCC34)cc2)n1. The standard InChI is InChI=1S/C15H19N5S/c1-2-14-13(7-9-20(14)8-1)18-11-3-5-12(6-4-11)21-15-16-10-17-19-15/h3-6,10,13-14,18H,1-2,7-9H2,(H,16,17,19). The van der Waals surface area contributed by atoms with Gasteiger partial charge in [-0.25, -0.2) is 4.98 Å². The first-order chi connectivity index (χ1) is 10.4. The van der Waals surface area contributed by atoms with Gasteiger partial charge in [0.05, 0.1) is 0 Å². The lowest BCUT2D eigenvalue weighted by Crippen LogP contribution is -2.33. The largest absolute Gasteiger partial charge is 0.381 e. The number of aromatic nitrogens is 3. The van der Waals surface area contributed by atoms with Crippen molar-refractivity contribution >= 4 is 17.4 Å². The van der Waals surface area contributed by atoms with E-state index in [1.54, 1.807) is 11.8 Å². The van der Waals surface area contributed by atoms with E-state index in [1.165, 1.54) is 49.3 Å². The van der Waals surface area contributed by atoms with Gasteiger partial charge in [-0.05, 0) is 50.1 Å². The van der Waals surface area contributed by atoms with Crippen LogP contribution in [0.4, 0.5) is 5.69 Å². The summed E-state index contributed by atoms with van der Waals surface area (Å²) in [5.74, 6) is 0. The summed E-state index contributed by atoms with van der Waals surface area (Å²) in [6, 6.07) is 9.95. The summed E-state index contributed by atoms with van der Waals surface area (Å²) in [6.45, 7) is 2.54. The Morgan fingerprint density at radius 2 is 2.10 bits per heavy atom. The number of rotatable bonds is 4. The van der Waals surface area contributed by atoms with Crippen molar-refractivity contribution in [3.63, 3.8) is 0 Å². The van der Waals surface area contributed by atoms with E-state index in [9.17, 15) is 0 Å². The number of hydrogen-bond donors (Lipinski definition) is 2. The number of nitrogens with one attached hydrogen (secondary N) is 2. The lowest BCUT2D eigenvalue weighted by molar-refractivity contribution is 0.318. The van der Waals surface area contributed by atoms with Gasteiger partial charge >= 0.3 is 0 Å². The molecule has 2 unspecified atom stereocenters. The van der Waals surface area contributed by atoms with Crippen LogP contribution >= 0.6 is 11.8 Å². The maximum Gasteiger partial charge on any atom is 0.188 e. The van der Waals surface area contributed by atoms with Gasteiger partial charge in [-0.1, -0.05) is 11.8 Å². The molecule has 2 fully saturated rings. The average Bonchev–Trinajstić information content (AvgIpc) is 3.21. The molecule has 5 nitrogen and oxygen atoms in total. The number of nitrogens with zero attached hydrogens (tertiary/aromatic N) is 3. The molecule has 0 spiro atoms. The molecule has 2 atom stereocenters. The molecule has 0 bridgehead atoms. The fraction of sp³-hybridized carbons (Fsp3) is 0.467. The molecule has 0 saturated carbocycles. The first-order valence-electron chi connectivity index (χ1n) is 7.52. The quantitative estimate of drug-likeness (QED) is 0.909. The van der Waals surface area contributed by atoms with Crippen molar-refractivity contribution in [2.24, 2.45) is 0 Å². The molecular weight excluding hydrogens is 282 g/mol. The molecule has 110 valence electrons. The highest BCUT2D eigenvalue weighted by molar-refractivity contribution is 7.99. The Kier molecular flexibility index (Phi) is 3.57. The minimum Gasteiger partial charge on any atom is -0.381 e. The zero-order valence-electron chi connectivity index (χ0n) is 11.8. The van der Waals surface area contributed by atoms with Gasteiger partial charge in [0.25, 0.3) is 0 Å². The van der Waals surface area contributed by atoms with E-state index >= 15 is 0 Å². The zero-order valence-corrected chi connectivity index (χ0v) is 12.6. The Bertz CT molecular complexity index is 583. The number of H-pyrrole nitrogens is 1. The molecule has 2 aromatic rings. The van der Waals surface area contributed by atoms with Gasteiger partial charge in [0.2, 0.25) is 0 Å². The van der Waals surface area contributed by atoms with Crippen molar-refractivity contribution in [2.45, 2.75) is 41.4 Å². The van der Waals surface area contributed by atoms with Crippen molar-refractivity contribution < 1.29 is 0 Å². The highest BCUT2D eigenvalue weighted by Gasteiger charge is 2.36. The van der Waals surface area contributed by atoms with Crippen molar-refractivity contribution in [1.29, 1.82) is 0 Å². The van der Waals surface area contributed by atoms with Crippen LogP contribution in [0.1, 0.15) is 19.3 Å². The predicted octanol–water partition coefficient (Wildman–Crippen LogP) is 2.60. The molecular formula is C15H19N5S. The van der Waals surface area contributed by atoms with Gasteiger partial charge in [-0.3, -0.25) is 10.00 Å².